The summed E-state index contributed by atoms with van der Waals surface area (Å²) in [6.07, 6.45) is 8.06. The molecule has 35 heavy (non-hydrogen) atoms. The molecule has 2 aromatic rings. The highest BCUT2D eigenvalue weighted by Crippen LogP contribution is 2.22. The van der Waals surface area contributed by atoms with Gasteiger partial charge in [-0.15, -0.1) is 0 Å². The van der Waals surface area contributed by atoms with Crippen molar-refractivity contribution >= 4 is 37.3 Å². The first-order valence-electron chi connectivity index (χ1n) is 11.8. The molecule has 0 bridgehead atoms. The van der Waals surface area contributed by atoms with Crippen LogP contribution in [0.2, 0.25) is 0 Å². The molecule has 0 heterocycles. The Morgan fingerprint density at radius 1 is 0.714 bits per heavy atom. The van der Waals surface area contributed by atoms with E-state index in [1.165, 1.54) is 31.2 Å². The third-order valence-corrected chi connectivity index (χ3v) is 9.10. The molecule has 4 rings (SSSR count). The van der Waals surface area contributed by atoms with Crippen molar-refractivity contribution < 1.29 is 21.6 Å². The summed E-state index contributed by atoms with van der Waals surface area (Å²) in [5.41, 5.74) is 6.68. The minimum atomic E-state index is -3.45. The van der Waals surface area contributed by atoms with E-state index in [-0.39, 0.29) is 27.8 Å². The molecule has 0 atom stereocenters. The van der Waals surface area contributed by atoms with Crippen LogP contribution >= 0.6 is 0 Å². The number of hydrogen-bond acceptors (Lipinski definition) is 6. The highest BCUT2D eigenvalue weighted by Gasteiger charge is 2.23. The normalized spacial score (nSPS) is 17.1. The number of hydrogen-bond donors (Lipinski definition) is 4. The Labute approximate surface area is 208 Å². The zero-order valence-electron chi connectivity index (χ0n) is 19.9. The van der Waals surface area contributed by atoms with Gasteiger partial charge in [0.2, 0.25) is 26.0 Å². The van der Waals surface area contributed by atoms with Gasteiger partial charge in [-0.1, -0.05) is 25.7 Å². The summed E-state index contributed by atoms with van der Waals surface area (Å²) in [6.45, 7) is 1.41. The summed E-state index contributed by atoms with van der Waals surface area (Å²) < 4.78 is 53.6. The smallest absolute Gasteiger partial charge is 0.240 e. The number of nitrogens with two attached hydrogens (primary N) is 1. The molecule has 5 N–H and O–H groups in total. The molecule has 0 unspecified atom stereocenters. The van der Waals surface area contributed by atoms with Gasteiger partial charge in [-0.3, -0.25) is 4.79 Å². The van der Waals surface area contributed by atoms with E-state index in [1.54, 1.807) is 24.3 Å². The number of rotatable bonds is 7. The van der Waals surface area contributed by atoms with Gasteiger partial charge >= 0.3 is 0 Å². The number of nitrogen functional groups attached to an aromatic ring is 1. The quantitative estimate of drug-likeness (QED) is 0.410. The highest BCUT2D eigenvalue weighted by molar-refractivity contribution is 7.89. The van der Waals surface area contributed by atoms with Gasteiger partial charge in [-0.25, -0.2) is 26.3 Å². The topological polar surface area (TPSA) is 147 Å². The second-order valence-corrected chi connectivity index (χ2v) is 12.4. The number of sulfonamides is 2. The average Bonchev–Trinajstić information content (AvgIpc) is 3.48. The molecule has 2 aliphatic rings. The number of carbonyl (C=O) groups excluding carboxylic acids is 1. The first-order valence-corrected chi connectivity index (χ1v) is 14.8. The average molecular weight is 523 g/mol. The highest BCUT2D eigenvalue weighted by atomic mass is 32.2. The lowest BCUT2D eigenvalue weighted by Crippen LogP contribution is -2.32. The second-order valence-electron chi connectivity index (χ2n) is 8.98. The standard InChI is InChI=1S/C13H18N2O3S.C11H16N2O2S/c1-10(16)14-11-6-8-13(9-7-11)19(17,18)15-12-4-2-3-5-12;12-9-5-7-11(8-6-9)16(14,15)13-10-3-1-2-4-10/h6-9,12,15H,2-5H2,1H3,(H,14,16);5-8,10,13H,1-4,12H2. The Morgan fingerprint density at radius 2 is 1.09 bits per heavy atom. The summed E-state index contributed by atoms with van der Waals surface area (Å²) in [6, 6.07) is 12.6. The Kier molecular flexibility index (Phi) is 9.28. The van der Waals surface area contributed by atoms with Crippen LogP contribution in [0.4, 0.5) is 11.4 Å². The van der Waals surface area contributed by atoms with E-state index in [0.29, 0.717) is 11.4 Å². The van der Waals surface area contributed by atoms with E-state index in [0.717, 1.165) is 51.4 Å². The monoisotopic (exact) mass is 522 g/mol. The number of carbonyl (C=O) groups is 1. The Bertz CT molecular complexity index is 1190. The fraction of sp³-hybridized carbons (Fsp3) is 0.458. The molecule has 192 valence electrons. The van der Waals surface area contributed by atoms with E-state index in [4.69, 9.17) is 5.73 Å². The fourth-order valence-corrected chi connectivity index (χ4v) is 6.84. The molecule has 2 aromatic carbocycles. The number of amides is 1. The second kappa shape index (κ2) is 12.0. The molecule has 2 fully saturated rings. The SMILES string of the molecule is CC(=O)Nc1ccc(S(=O)(=O)NC2CCCC2)cc1.Nc1ccc(S(=O)(=O)NC2CCCC2)cc1. The van der Waals surface area contributed by atoms with Crippen LogP contribution in [0.15, 0.2) is 58.3 Å². The van der Waals surface area contributed by atoms with Crippen LogP contribution < -0.4 is 20.5 Å². The van der Waals surface area contributed by atoms with E-state index in [9.17, 15) is 21.6 Å². The largest absolute Gasteiger partial charge is 0.399 e. The number of anilines is 2. The maximum Gasteiger partial charge on any atom is 0.240 e. The van der Waals surface area contributed by atoms with Crippen molar-refractivity contribution in [2.75, 3.05) is 11.1 Å². The van der Waals surface area contributed by atoms with Crippen molar-refractivity contribution in [3.05, 3.63) is 48.5 Å². The maximum atomic E-state index is 12.1. The van der Waals surface area contributed by atoms with Gasteiger partial charge in [0.25, 0.3) is 0 Å². The minimum Gasteiger partial charge on any atom is -0.399 e. The van der Waals surface area contributed by atoms with Crippen LogP contribution in [-0.4, -0.2) is 34.8 Å². The first-order chi connectivity index (χ1) is 16.5. The van der Waals surface area contributed by atoms with Gasteiger partial charge in [0.05, 0.1) is 9.79 Å². The van der Waals surface area contributed by atoms with Gasteiger partial charge < -0.3 is 11.1 Å². The Hall–Kier alpha value is -2.47. The Balaban J connectivity index is 0.000000198. The first kappa shape index (κ1) is 27.1. The Morgan fingerprint density at radius 3 is 1.46 bits per heavy atom. The summed E-state index contributed by atoms with van der Waals surface area (Å²) in [7, 11) is -6.82. The van der Waals surface area contributed by atoms with E-state index >= 15 is 0 Å². The molecule has 2 saturated carbocycles. The molecule has 0 aliphatic heterocycles. The van der Waals surface area contributed by atoms with Crippen molar-refractivity contribution in [3.8, 4) is 0 Å². The molecule has 0 spiro atoms. The lowest BCUT2D eigenvalue weighted by molar-refractivity contribution is -0.114. The van der Waals surface area contributed by atoms with Crippen molar-refractivity contribution in [1.29, 1.82) is 0 Å². The third-order valence-electron chi connectivity index (χ3n) is 6.03. The lowest BCUT2D eigenvalue weighted by atomic mass is 10.3. The predicted molar refractivity (Wildman–Crippen MR) is 137 cm³/mol. The molecule has 0 saturated heterocycles. The van der Waals surface area contributed by atoms with E-state index in [1.807, 2.05) is 0 Å². The lowest BCUT2D eigenvalue weighted by Gasteiger charge is -2.12. The van der Waals surface area contributed by atoms with Crippen LogP contribution in [0.3, 0.4) is 0 Å². The van der Waals surface area contributed by atoms with Crippen LogP contribution in [0.1, 0.15) is 58.3 Å². The van der Waals surface area contributed by atoms with Gasteiger partial charge in [0.1, 0.15) is 0 Å². The zero-order valence-corrected chi connectivity index (χ0v) is 21.5. The number of nitrogens with one attached hydrogen (secondary N) is 3. The van der Waals surface area contributed by atoms with Crippen LogP contribution in [0, 0.1) is 0 Å². The summed E-state index contributed by atoms with van der Waals surface area (Å²) >= 11 is 0. The maximum absolute atomic E-state index is 12.1. The van der Waals surface area contributed by atoms with E-state index in [2.05, 4.69) is 14.8 Å². The number of benzene rings is 2. The molecule has 9 nitrogen and oxygen atoms in total. The van der Waals surface area contributed by atoms with Gasteiger partial charge in [0, 0.05) is 30.4 Å². The summed E-state index contributed by atoms with van der Waals surface area (Å²) in [4.78, 5) is 11.4. The zero-order chi connectivity index (χ0) is 25.5. The molecule has 0 aromatic heterocycles. The van der Waals surface area contributed by atoms with Crippen molar-refractivity contribution in [2.24, 2.45) is 0 Å². The van der Waals surface area contributed by atoms with Gasteiger partial charge in [-0.05, 0) is 74.2 Å². The molecule has 11 heteroatoms. The van der Waals surface area contributed by atoms with Gasteiger partial charge in [-0.2, -0.15) is 0 Å². The van der Waals surface area contributed by atoms with Crippen molar-refractivity contribution in [1.82, 2.24) is 9.44 Å². The molecule has 2 aliphatic carbocycles. The third kappa shape index (κ3) is 8.31. The summed E-state index contributed by atoms with van der Waals surface area (Å²) in [5.74, 6) is -0.181. The fourth-order valence-electron chi connectivity index (χ4n) is 4.23. The van der Waals surface area contributed by atoms with Crippen LogP contribution in [-0.2, 0) is 24.8 Å². The molecular weight excluding hydrogens is 488 g/mol. The predicted octanol–water partition coefficient (Wildman–Crippen LogP) is 3.36. The van der Waals surface area contributed by atoms with E-state index < -0.39 is 20.0 Å². The minimum absolute atomic E-state index is 0.0556. The van der Waals surface area contributed by atoms with Crippen LogP contribution in [0.5, 0.6) is 0 Å². The van der Waals surface area contributed by atoms with Crippen molar-refractivity contribution in [3.63, 3.8) is 0 Å². The van der Waals surface area contributed by atoms with Gasteiger partial charge in [0.15, 0.2) is 0 Å². The van der Waals surface area contributed by atoms with Crippen molar-refractivity contribution in [2.45, 2.75) is 80.2 Å². The molecule has 0 radical (unpaired) electrons. The summed E-state index contributed by atoms with van der Waals surface area (Å²) in [5, 5.41) is 2.60. The van der Waals surface area contributed by atoms with Crippen LogP contribution in [0.25, 0.3) is 0 Å². The molecular formula is C24H34N4O5S2. The molecule has 1 amide bonds.